The molecule has 19 heavy (non-hydrogen) atoms. The number of oxazole rings is 1. The third-order valence-electron chi connectivity index (χ3n) is 1.99. The fourth-order valence-corrected chi connectivity index (χ4v) is 1.40. The van der Waals surface area contributed by atoms with E-state index < -0.39 is 23.0 Å². The Morgan fingerprint density at radius 3 is 2.84 bits per heavy atom. The Bertz CT molecular complexity index is 634. The standard InChI is InChI=1S/C9H7N3O6S/c10-17-9(13)7(12-18-19(14)15)8-11-5-3-1-2-4-6(5)16-8/h1-4H,10H2,(H,14,15)/p-1/b12-7-. The zero-order chi connectivity index (χ0) is 13.8. The van der Waals surface area contributed by atoms with Gasteiger partial charge in [-0.05, 0) is 12.1 Å². The maximum absolute atomic E-state index is 11.3. The van der Waals surface area contributed by atoms with Gasteiger partial charge in [-0.25, -0.2) is 14.0 Å². The van der Waals surface area contributed by atoms with Crippen LogP contribution < -0.4 is 5.90 Å². The van der Waals surface area contributed by atoms with Crippen LogP contribution in [0, 0.1) is 0 Å². The van der Waals surface area contributed by atoms with Crippen molar-refractivity contribution in [1.82, 2.24) is 4.98 Å². The molecule has 1 unspecified atom stereocenters. The number of oxime groups is 1. The van der Waals surface area contributed by atoms with Crippen molar-refractivity contribution in [3.63, 3.8) is 0 Å². The molecular formula is C9H6N3O6S-. The third kappa shape index (κ3) is 2.93. The molecule has 0 aliphatic heterocycles. The van der Waals surface area contributed by atoms with Crippen molar-refractivity contribution in [2.45, 2.75) is 0 Å². The highest BCUT2D eigenvalue weighted by molar-refractivity contribution is 7.74. The number of aromatic nitrogens is 1. The number of para-hydroxylation sites is 2. The molecule has 1 aromatic carbocycles. The summed E-state index contributed by atoms with van der Waals surface area (Å²) in [6.45, 7) is 0. The molecule has 0 aliphatic rings. The molecule has 9 nitrogen and oxygen atoms in total. The normalized spacial score (nSPS) is 13.3. The van der Waals surface area contributed by atoms with E-state index in [0.29, 0.717) is 11.1 Å². The predicted octanol–water partition coefficient (Wildman–Crippen LogP) is -0.241. The Hall–Kier alpha value is -2.30. The molecule has 0 saturated carbocycles. The topological polar surface area (TPSA) is 140 Å². The van der Waals surface area contributed by atoms with Crippen LogP contribution in [-0.2, 0) is 25.3 Å². The number of hydrogen-bond acceptors (Lipinski definition) is 9. The number of carbonyl (C=O) groups is 1. The first-order valence-corrected chi connectivity index (χ1v) is 5.73. The Kier molecular flexibility index (Phi) is 3.85. The van der Waals surface area contributed by atoms with Gasteiger partial charge in [0, 0.05) is 0 Å². The first kappa shape index (κ1) is 13.1. The van der Waals surface area contributed by atoms with Gasteiger partial charge in [0.1, 0.15) is 5.52 Å². The van der Waals surface area contributed by atoms with E-state index in [2.05, 4.69) is 19.3 Å². The van der Waals surface area contributed by atoms with Crippen molar-refractivity contribution in [2.75, 3.05) is 0 Å². The lowest BCUT2D eigenvalue weighted by Crippen LogP contribution is -2.22. The summed E-state index contributed by atoms with van der Waals surface area (Å²) in [5, 5.41) is 3.05. The van der Waals surface area contributed by atoms with Crippen molar-refractivity contribution in [3.05, 3.63) is 30.2 Å². The Labute approximate surface area is 108 Å². The van der Waals surface area contributed by atoms with Gasteiger partial charge in [0.25, 0.3) is 11.6 Å². The molecule has 0 aliphatic carbocycles. The van der Waals surface area contributed by atoms with Gasteiger partial charge in [-0.1, -0.05) is 17.3 Å². The van der Waals surface area contributed by atoms with Crippen LogP contribution >= 0.6 is 0 Å². The van der Waals surface area contributed by atoms with Crippen LogP contribution in [0.25, 0.3) is 11.1 Å². The molecule has 2 N–H and O–H groups in total. The molecule has 2 aromatic rings. The molecule has 0 amide bonds. The van der Waals surface area contributed by atoms with Gasteiger partial charge >= 0.3 is 5.97 Å². The molecule has 1 atom stereocenters. The smallest absolute Gasteiger partial charge is 0.384 e. The molecule has 1 aromatic heterocycles. The van der Waals surface area contributed by atoms with Crippen LogP contribution in [0.2, 0.25) is 0 Å². The molecule has 0 fully saturated rings. The van der Waals surface area contributed by atoms with Gasteiger partial charge in [0.05, 0.1) is 0 Å². The quantitative estimate of drug-likeness (QED) is 0.460. The van der Waals surface area contributed by atoms with Crippen LogP contribution in [0.15, 0.2) is 33.8 Å². The Morgan fingerprint density at radius 2 is 2.21 bits per heavy atom. The SMILES string of the molecule is NOC(=O)/C(=N\OS(=O)[O-])c1nc2ccccc2o1. The summed E-state index contributed by atoms with van der Waals surface area (Å²) in [6, 6.07) is 6.62. The average molecular weight is 284 g/mol. The lowest BCUT2D eigenvalue weighted by atomic mass is 10.3. The Balaban J connectivity index is 2.45. The number of nitrogens with two attached hydrogens (primary N) is 1. The number of benzene rings is 1. The van der Waals surface area contributed by atoms with E-state index in [0.717, 1.165) is 0 Å². The van der Waals surface area contributed by atoms with Crippen molar-refractivity contribution >= 4 is 34.1 Å². The molecule has 0 bridgehead atoms. The molecule has 100 valence electrons. The summed E-state index contributed by atoms with van der Waals surface area (Å²) in [4.78, 5) is 19.2. The fraction of sp³-hybridized carbons (Fsp3) is 0. The second-order valence-corrected chi connectivity index (χ2v) is 3.67. The zero-order valence-corrected chi connectivity index (χ0v) is 9.96. The van der Waals surface area contributed by atoms with E-state index in [-0.39, 0.29) is 5.89 Å². The molecule has 1 heterocycles. The maximum Gasteiger partial charge on any atom is 0.384 e. The van der Waals surface area contributed by atoms with Gasteiger partial charge in [-0.15, -0.1) is 0 Å². The average Bonchev–Trinajstić information content (AvgIpc) is 2.81. The molecule has 2 rings (SSSR count). The van der Waals surface area contributed by atoms with E-state index in [1.54, 1.807) is 24.3 Å². The van der Waals surface area contributed by atoms with Gasteiger partial charge < -0.3 is 18.1 Å². The van der Waals surface area contributed by atoms with Crippen LogP contribution in [0.1, 0.15) is 5.89 Å². The summed E-state index contributed by atoms with van der Waals surface area (Å²) in [6.07, 6.45) is 0. The summed E-state index contributed by atoms with van der Waals surface area (Å²) >= 11 is -2.95. The van der Waals surface area contributed by atoms with Crippen LogP contribution in [-0.4, -0.2) is 25.4 Å². The minimum Gasteiger partial charge on any atom is -0.738 e. The minimum atomic E-state index is -2.95. The third-order valence-corrected chi connectivity index (χ3v) is 2.18. The van der Waals surface area contributed by atoms with E-state index in [4.69, 9.17) is 10.3 Å². The molecule has 0 radical (unpaired) electrons. The number of hydrogen-bond donors (Lipinski definition) is 1. The van der Waals surface area contributed by atoms with E-state index >= 15 is 0 Å². The lowest BCUT2D eigenvalue weighted by molar-refractivity contribution is -0.136. The van der Waals surface area contributed by atoms with Crippen LogP contribution in [0.5, 0.6) is 0 Å². The van der Waals surface area contributed by atoms with Crippen LogP contribution in [0.4, 0.5) is 0 Å². The highest BCUT2D eigenvalue weighted by atomic mass is 32.2. The van der Waals surface area contributed by atoms with Gasteiger partial charge in [0.2, 0.25) is 0 Å². The van der Waals surface area contributed by atoms with Crippen molar-refractivity contribution in [2.24, 2.45) is 11.1 Å². The number of rotatable bonds is 4. The number of fused-ring (bicyclic) bond motifs is 1. The summed E-state index contributed by atoms with van der Waals surface area (Å²) in [7, 11) is 0. The number of carbonyl (C=O) groups excluding carboxylic acids is 1. The largest absolute Gasteiger partial charge is 0.738 e. The highest BCUT2D eigenvalue weighted by Crippen LogP contribution is 2.15. The highest BCUT2D eigenvalue weighted by Gasteiger charge is 2.23. The first-order valence-electron chi connectivity index (χ1n) is 4.73. The lowest BCUT2D eigenvalue weighted by Gasteiger charge is -2.01. The van der Waals surface area contributed by atoms with E-state index in [9.17, 15) is 13.6 Å². The van der Waals surface area contributed by atoms with Gasteiger partial charge in [-0.3, -0.25) is 0 Å². The summed E-state index contributed by atoms with van der Waals surface area (Å²) in [5.74, 6) is 3.27. The van der Waals surface area contributed by atoms with Gasteiger partial charge in [-0.2, -0.15) is 5.90 Å². The van der Waals surface area contributed by atoms with Crippen molar-refractivity contribution in [3.8, 4) is 0 Å². The van der Waals surface area contributed by atoms with Gasteiger partial charge in [0.15, 0.2) is 16.9 Å². The first-order chi connectivity index (χ1) is 9.11. The predicted molar refractivity (Wildman–Crippen MR) is 60.8 cm³/mol. The van der Waals surface area contributed by atoms with Crippen LogP contribution in [0.3, 0.4) is 0 Å². The summed E-state index contributed by atoms with van der Waals surface area (Å²) in [5.41, 5.74) is 0.208. The number of nitrogens with zero attached hydrogens (tertiary/aromatic N) is 2. The fourth-order valence-electron chi connectivity index (χ4n) is 1.26. The molecule has 0 saturated heterocycles. The van der Waals surface area contributed by atoms with E-state index in [1.165, 1.54) is 0 Å². The zero-order valence-electron chi connectivity index (χ0n) is 9.14. The second-order valence-electron chi connectivity index (χ2n) is 3.11. The monoisotopic (exact) mass is 284 g/mol. The Morgan fingerprint density at radius 1 is 1.47 bits per heavy atom. The molecular weight excluding hydrogens is 278 g/mol. The minimum absolute atomic E-state index is 0.276. The summed E-state index contributed by atoms with van der Waals surface area (Å²) < 4.78 is 29.6. The van der Waals surface area contributed by atoms with E-state index in [1.807, 2.05) is 0 Å². The molecule has 0 spiro atoms. The second kappa shape index (κ2) is 5.56. The maximum atomic E-state index is 11.3. The van der Waals surface area contributed by atoms with Crippen molar-refractivity contribution in [1.29, 1.82) is 0 Å². The molecule has 10 heteroatoms. The van der Waals surface area contributed by atoms with Crippen molar-refractivity contribution < 1.29 is 27.1 Å².